The van der Waals surface area contributed by atoms with Gasteiger partial charge in [-0.3, -0.25) is 9.59 Å². The third-order valence-corrected chi connectivity index (χ3v) is 4.63. The van der Waals surface area contributed by atoms with E-state index in [9.17, 15) is 14.7 Å². The number of nitrogens with one attached hydrogen (secondary N) is 2. The fourth-order valence-electron chi connectivity index (χ4n) is 3.14. The van der Waals surface area contributed by atoms with Gasteiger partial charge in [0.05, 0.1) is 12.5 Å². The normalized spacial score (nSPS) is 21.5. The fourth-order valence-corrected chi connectivity index (χ4v) is 3.14. The molecule has 132 valence electrons. The molecule has 0 radical (unpaired) electrons. The minimum Gasteiger partial charge on any atom is -0.393 e. The molecule has 3 atom stereocenters. The molecule has 1 aliphatic carbocycles. The molecular formula is C19H28N2O3. The van der Waals surface area contributed by atoms with Crippen molar-refractivity contribution in [1.29, 1.82) is 0 Å². The highest BCUT2D eigenvalue weighted by Crippen LogP contribution is 2.24. The molecule has 2 rings (SSSR count). The number of carbonyl (C=O) groups is 2. The second kappa shape index (κ2) is 8.83. The van der Waals surface area contributed by atoms with Gasteiger partial charge in [0.1, 0.15) is 6.04 Å². The lowest BCUT2D eigenvalue weighted by Gasteiger charge is -2.23. The van der Waals surface area contributed by atoms with Crippen molar-refractivity contribution in [3.05, 3.63) is 35.9 Å². The lowest BCUT2D eigenvalue weighted by Crippen LogP contribution is -2.51. The van der Waals surface area contributed by atoms with Gasteiger partial charge in [0.25, 0.3) is 0 Å². The second-order valence-electron chi connectivity index (χ2n) is 6.96. The number of benzene rings is 1. The van der Waals surface area contributed by atoms with Gasteiger partial charge in [0, 0.05) is 12.5 Å². The van der Waals surface area contributed by atoms with Gasteiger partial charge in [-0.15, -0.1) is 0 Å². The van der Waals surface area contributed by atoms with E-state index < -0.39 is 6.04 Å². The first-order valence-electron chi connectivity index (χ1n) is 8.76. The summed E-state index contributed by atoms with van der Waals surface area (Å²) in [6, 6.07) is 8.92. The molecule has 0 aromatic heterocycles. The van der Waals surface area contributed by atoms with Gasteiger partial charge in [-0.1, -0.05) is 50.6 Å². The van der Waals surface area contributed by atoms with Crippen LogP contribution in [0.2, 0.25) is 0 Å². The Balaban J connectivity index is 1.86. The van der Waals surface area contributed by atoms with Crippen LogP contribution in [-0.2, 0) is 16.0 Å². The highest BCUT2D eigenvalue weighted by atomic mass is 16.3. The summed E-state index contributed by atoms with van der Waals surface area (Å²) in [5.41, 5.74) is 0.923. The highest BCUT2D eigenvalue weighted by molar-refractivity contribution is 5.88. The summed E-state index contributed by atoms with van der Waals surface area (Å²) in [6.07, 6.45) is 2.69. The summed E-state index contributed by atoms with van der Waals surface area (Å²) in [5.74, 6) is -0.207. The molecule has 0 aliphatic heterocycles. The van der Waals surface area contributed by atoms with Crippen molar-refractivity contribution >= 4 is 11.8 Å². The van der Waals surface area contributed by atoms with E-state index in [1.807, 2.05) is 44.2 Å². The summed E-state index contributed by atoms with van der Waals surface area (Å²) in [7, 11) is 0. The Kier molecular flexibility index (Phi) is 6.79. The van der Waals surface area contributed by atoms with Crippen LogP contribution in [0.25, 0.3) is 0 Å². The summed E-state index contributed by atoms with van der Waals surface area (Å²) in [5, 5.41) is 15.6. The molecule has 0 bridgehead atoms. The van der Waals surface area contributed by atoms with Crippen molar-refractivity contribution in [3.8, 4) is 0 Å². The van der Waals surface area contributed by atoms with Crippen molar-refractivity contribution in [2.45, 2.75) is 51.7 Å². The number of aliphatic hydroxyl groups is 1. The molecule has 24 heavy (non-hydrogen) atoms. The van der Waals surface area contributed by atoms with E-state index in [4.69, 9.17) is 0 Å². The Labute approximate surface area is 143 Å². The molecule has 5 nitrogen and oxygen atoms in total. The monoisotopic (exact) mass is 332 g/mol. The van der Waals surface area contributed by atoms with E-state index in [2.05, 4.69) is 10.6 Å². The van der Waals surface area contributed by atoms with Gasteiger partial charge in [-0.2, -0.15) is 0 Å². The molecule has 0 heterocycles. The molecule has 5 heteroatoms. The van der Waals surface area contributed by atoms with Crippen LogP contribution in [0, 0.1) is 11.8 Å². The third-order valence-electron chi connectivity index (χ3n) is 4.63. The van der Waals surface area contributed by atoms with Gasteiger partial charge in [0.15, 0.2) is 0 Å². The second-order valence-corrected chi connectivity index (χ2v) is 6.96. The maximum absolute atomic E-state index is 12.4. The zero-order chi connectivity index (χ0) is 17.5. The molecule has 3 unspecified atom stereocenters. The van der Waals surface area contributed by atoms with Crippen LogP contribution in [-0.4, -0.2) is 35.6 Å². The van der Waals surface area contributed by atoms with Crippen LogP contribution >= 0.6 is 0 Å². The molecule has 1 aliphatic rings. The number of rotatable bonds is 7. The fraction of sp³-hybridized carbons (Fsp3) is 0.579. The van der Waals surface area contributed by atoms with Crippen molar-refractivity contribution < 1.29 is 14.7 Å². The van der Waals surface area contributed by atoms with Gasteiger partial charge >= 0.3 is 0 Å². The number of amides is 2. The number of hydrogen-bond acceptors (Lipinski definition) is 3. The number of carbonyl (C=O) groups excluding carboxylic acids is 2. The van der Waals surface area contributed by atoms with E-state index >= 15 is 0 Å². The number of aliphatic hydroxyl groups excluding tert-OH is 1. The smallest absolute Gasteiger partial charge is 0.242 e. The maximum Gasteiger partial charge on any atom is 0.242 e. The predicted molar refractivity (Wildman–Crippen MR) is 93.3 cm³/mol. The summed E-state index contributed by atoms with van der Waals surface area (Å²) in [6.45, 7) is 4.30. The molecule has 1 fully saturated rings. The molecule has 1 aromatic carbocycles. The lowest BCUT2D eigenvalue weighted by molar-refractivity contribution is -0.130. The van der Waals surface area contributed by atoms with Crippen LogP contribution in [0.15, 0.2) is 30.3 Å². The van der Waals surface area contributed by atoms with E-state index in [1.54, 1.807) is 0 Å². The van der Waals surface area contributed by atoms with Crippen molar-refractivity contribution in [2.75, 3.05) is 6.54 Å². The van der Waals surface area contributed by atoms with Crippen LogP contribution in [0.1, 0.15) is 38.7 Å². The van der Waals surface area contributed by atoms with Crippen LogP contribution in [0.3, 0.4) is 0 Å². The van der Waals surface area contributed by atoms with E-state index in [1.165, 1.54) is 0 Å². The zero-order valence-corrected chi connectivity index (χ0v) is 14.5. The van der Waals surface area contributed by atoms with E-state index in [0.29, 0.717) is 6.54 Å². The summed E-state index contributed by atoms with van der Waals surface area (Å²) < 4.78 is 0. The maximum atomic E-state index is 12.4. The minimum absolute atomic E-state index is 0.00164. The van der Waals surface area contributed by atoms with E-state index in [-0.39, 0.29) is 36.2 Å². The third kappa shape index (κ3) is 5.34. The standard InChI is InChI=1S/C19H28N2O3/c1-13(2)18(19(24)20-12-15-9-6-10-16(15)22)21-17(23)11-14-7-4-3-5-8-14/h3-5,7-8,13,15-16,18,22H,6,9-12H2,1-2H3,(H,20,24)(H,21,23). The predicted octanol–water partition coefficient (Wildman–Crippen LogP) is 1.65. The molecule has 1 saturated carbocycles. The van der Waals surface area contributed by atoms with Gasteiger partial charge < -0.3 is 15.7 Å². The Morgan fingerprint density at radius 3 is 2.50 bits per heavy atom. The van der Waals surface area contributed by atoms with Crippen LogP contribution in [0.4, 0.5) is 0 Å². The summed E-state index contributed by atoms with van der Waals surface area (Å²) >= 11 is 0. The van der Waals surface area contributed by atoms with E-state index in [0.717, 1.165) is 24.8 Å². The lowest BCUT2D eigenvalue weighted by atomic mass is 10.0. The van der Waals surface area contributed by atoms with Crippen molar-refractivity contribution in [3.63, 3.8) is 0 Å². The van der Waals surface area contributed by atoms with Crippen LogP contribution < -0.4 is 10.6 Å². The number of hydrogen-bond donors (Lipinski definition) is 3. The largest absolute Gasteiger partial charge is 0.393 e. The van der Waals surface area contributed by atoms with Crippen molar-refractivity contribution in [2.24, 2.45) is 11.8 Å². The van der Waals surface area contributed by atoms with Gasteiger partial charge in [-0.05, 0) is 24.3 Å². The first-order chi connectivity index (χ1) is 11.5. The molecule has 0 saturated heterocycles. The first kappa shape index (κ1) is 18.5. The zero-order valence-electron chi connectivity index (χ0n) is 14.5. The quantitative estimate of drug-likeness (QED) is 0.710. The molecular weight excluding hydrogens is 304 g/mol. The molecule has 1 aromatic rings. The molecule has 0 spiro atoms. The van der Waals surface area contributed by atoms with Gasteiger partial charge in [0.2, 0.25) is 11.8 Å². The Hall–Kier alpha value is -1.88. The van der Waals surface area contributed by atoms with Crippen LogP contribution in [0.5, 0.6) is 0 Å². The SMILES string of the molecule is CC(C)C(NC(=O)Cc1ccccc1)C(=O)NCC1CCCC1O. The highest BCUT2D eigenvalue weighted by Gasteiger charge is 2.28. The van der Waals surface area contributed by atoms with Gasteiger partial charge in [-0.25, -0.2) is 0 Å². The van der Waals surface area contributed by atoms with Crippen molar-refractivity contribution in [1.82, 2.24) is 10.6 Å². The summed E-state index contributed by atoms with van der Waals surface area (Å²) in [4.78, 5) is 24.6. The average Bonchev–Trinajstić information content (AvgIpc) is 2.96. The minimum atomic E-state index is -0.556. The molecule has 3 N–H and O–H groups in total. The topological polar surface area (TPSA) is 78.4 Å². The average molecular weight is 332 g/mol. The first-order valence-corrected chi connectivity index (χ1v) is 8.76. The molecule has 2 amide bonds. The Morgan fingerprint density at radius 2 is 1.92 bits per heavy atom. The Bertz CT molecular complexity index is 545. The Morgan fingerprint density at radius 1 is 1.21 bits per heavy atom.